The van der Waals surface area contributed by atoms with Gasteiger partial charge < -0.3 is 10.8 Å². The highest BCUT2D eigenvalue weighted by Gasteiger charge is 2.13. The standard InChI is InChI=1S/C15H16ClNO/c16-15-4-2-1-3-14(15)12(10-17)9-11-5-7-13(18)8-6-11/h1-8,12,18H,9-10,17H2. The first-order chi connectivity index (χ1) is 8.70. The molecular formula is C15H16ClNO. The zero-order valence-corrected chi connectivity index (χ0v) is 10.8. The van der Waals surface area contributed by atoms with Gasteiger partial charge in [-0.3, -0.25) is 0 Å². The third-order valence-electron chi connectivity index (χ3n) is 3.05. The molecule has 2 nitrogen and oxygen atoms in total. The van der Waals surface area contributed by atoms with Crippen molar-refractivity contribution in [1.82, 2.24) is 0 Å². The number of hydrogen-bond donors (Lipinski definition) is 2. The Morgan fingerprint density at radius 2 is 1.72 bits per heavy atom. The summed E-state index contributed by atoms with van der Waals surface area (Å²) in [5.74, 6) is 0.476. The van der Waals surface area contributed by atoms with Crippen molar-refractivity contribution in [2.75, 3.05) is 6.54 Å². The number of benzene rings is 2. The minimum absolute atomic E-state index is 0.197. The predicted molar refractivity (Wildman–Crippen MR) is 75.1 cm³/mol. The van der Waals surface area contributed by atoms with E-state index in [1.165, 1.54) is 0 Å². The van der Waals surface area contributed by atoms with Crippen LogP contribution in [0.3, 0.4) is 0 Å². The fourth-order valence-electron chi connectivity index (χ4n) is 2.04. The average molecular weight is 262 g/mol. The van der Waals surface area contributed by atoms with Crippen LogP contribution in [0.4, 0.5) is 0 Å². The Hall–Kier alpha value is -1.51. The second kappa shape index (κ2) is 5.89. The molecule has 18 heavy (non-hydrogen) atoms. The van der Waals surface area contributed by atoms with Crippen LogP contribution in [-0.4, -0.2) is 11.7 Å². The molecule has 0 saturated carbocycles. The summed E-state index contributed by atoms with van der Waals surface area (Å²) in [5, 5.41) is 10.0. The molecule has 0 aromatic heterocycles. The number of phenols is 1. The highest BCUT2D eigenvalue weighted by molar-refractivity contribution is 6.31. The number of nitrogens with two attached hydrogens (primary N) is 1. The predicted octanol–water partition coefficient (Wildman–Crippen LogP) is 3.33. The summed E-state index contributed by atoms with van der Waals surface area (Å²) in [4.78, 5) is 0. The molecule has 3 heteroatoms. The quantitative estimate of drug-likeness (QED) is 0.887. The van der Waals surface area contributed by atoms with E-state index in [9.17, 15) is 5.11 Å². The molecule has 0 fully saturated rings. The molecular weight excluding hydrogens is 246 g/mol. The van der Waals surface area contributed by atoms with E-state index in [1.807, 2.05) is 36.4 Å². The van der Waals surface area contributed by atoms with E-state index in [1.54, 1.807) is 12.1 Å². The van der Waals surface area contributed by atoms with Crippen molar-refractivity contribution in [3.8, 4) is 5.75 Å². The lowest BCUT2D eigenvalue weighted by atomic mass is 9.92. The first kappa shape index (κ1) is 12.9. The Bertz CT molecular complexity index is 510. The third kappa shape index (κ3) is 3.03. The van der Waals surface area contributed by atoms with Crippen molar-refractivity contribution in [1.29, 1.82) is 0 Å². The van der Waals surface area contributed by atoms with Gasteiger partial charge in [-0.1, -0.05) is 41.9 Å². The van der Waals surface area contributed by atoms with Crippen molar-refractivity contribution in [3.63, 3.8) is 0 Å². The molecule has 0 spiro atoms. The van der Waals surface area contributed by atoms with Gasteiger partial charge in [0.05, 0.1) is 0 Å². The van der Waals surface area contributed by atoms with Crippen LogP contribution in [0.2, 0.25) is 5.02 Å². The molecule has 0 saturated heterocycles. The minimum Gasteiger partial charge on any atom is -0.508 e. The number of rotatable bonds is 4. The summed E-state index contributed by atoms with van der Waals surface area (Å²) < 4.78 is 0. The lowest BCUT2D eigenvalue weighted by molar-refractivity contribution is 0.475. The normalized spacial score (nSPS) is 12.3. The maximum absolute atomic E-state index is 9.26. The van der Waals surface area contributed by atoms with Gasteiger partial charge in [-0.2, -0.15) is 0 Å². The summed E-state index contributed by atoms with van der Waals surface area (Å²) in [6.07, 6.45) is 0.820. The summed E-state index contributed by atoms with van der Waals surface area (Å²) in [6.45, 7) is 0.546. The SMILES string of the molecule is NCC(Cc1ccc(O)cc1)c1ccccc1Cl. The molecule has 0 amide bonds. The maximum Gasteiger partial charge on any atom is 0.115 e. The van der Waals surface area contributed by atoms with Crippen LogP contribution in [0, 0.1) is 0 Å². The van der Waals surface area contributed by atoms with Crippen LogP contribution in [0.25, 0.3) is 0 Å². The van der Waals surface area contributed by atoms with Crippen LogP contribution >= 0.6 is 11.6 Å². The molecule has 1 unspecified atom stereocenters. The molecule has 2 aromatic rings. The third-order valence-corrected chi connectivity index (χ3v) is 3.39. The molecule has 2 rings (SSSR count). The van der Waals surface area contributed by atoms with E-state index in [-0.39, 0.29) is 11.7 Å². The van der Waals surface area contributed by atoms with E-state index < -0.39 is 0 Å². The molecule has 0 aliphatic heterocycles. The number of phenolic OH excluding ortho intramolecular Hbond substituents is 1. The van der Waals surface area contributed by atoms with Crippen LogP contribution < -0.4 is 5.73 Å². The monoisotopic (exact) mass is 261 g/mol. The Balaban J connectivity index is 2.20. The second-order valence-corrected chi connectivity index (χ2v) is 4.73. The van der Waals surface area contributed by atoms with Crippen LogP contribution in [-0.2, 0) is 6.42 Å². The highest BCUT2D eigenvalue weighted by Crippen LogP contribution is 2.27. The summed E-state index contributed by atoms with van der Waals surface area (Å²) in [5.41, 5.74) is 8.06. The van der Waals surface area contributed by atoms with E-state index in [0.29, 0.717) is 6.54 Å². The summed E-state index contributed by atoms with van der Waals surface area (Å²) >= 11 is 6.19. The smallest absolute Gasteiger partial charge is 0.115 e. The van der Waals surface area contributed by atoms with Crippen molar-refractivity contribution in [2.45, 2.75) is 12.3 Å². The molecule has 0 radical (unpaired) electrons. The summed E-state index contributed by atoms with van der Waals surface area (Å²) in [6, 6.07) is 15.0. The lowest BCUT2D eigenvalue weighted by Gasteiger charge is -2.16. The van der Waals surface area contributed by atoms with Crippen molar-refractivity contribution in [2.24, 2.45) is 5.73 Å². The molecule has 0 heterocycles. The largest absolute Gasteiger partial charge is 0.508 e. The van der Waals surface area contributed by atoms with E-state index in [2.05, 4.69) is 0 Å². The number of aromatic hydroxyl groups is 1. The van der Waals surface area contributed by atoms with Crippen LogP contribution in [0.1, 0.15) is 17.0 Å². The van der Waals surface area contributed by atoms with Crippen LogP contribution in [0.15, 0.2) is 48.5 Å². The van der Waals surface area contributed by atoms with Crippen molar-refractivity contribution >= 4 is 11.6 Å². The maximum atomic E-state index is 9.26. The topological polar surface area (TPSA) is 46.2 Å². The number of halogens is 1. The zero-order chi connectivity index (χ0) is 13.0. The van der Waals surface area contributed by atoms with Gasteiger partial charge in [0.25, 0.3) is 0 Å². The van der Waals surface area contributed by atoms with E-state index >= 15 is 0 Å². The zero-order valence-electron chi connectivity index (χ0n) is 10.0. The van der Waals surface area contributed by atoms with E-state index in [4.69, 9.17) is 17.3 Å². The Labute approximate surface area is 112 Å². The molecule has 3 N–H and O–H groups in total. The van der Waals surface area contributed by atoms with Gasteiger partial charge >= 0.3 is 0 Å². The Kier molecular flexibility index (Phi) is 4.24. The fourth-order valence-corrected chi connectivity index (χ4v) is 2.33. The molecule has 1 atom stereocenters. The molecule has 0 aliphatic rings. The van der Waals surface area contributed by atoms with Gasteiger partial charge in [-0.25, -0.2) is 0 Å². The van der Waals surface area contributed by atoms with Gasteiger partial charge in [0.1, 0.15) is 5.75 Å². The van der Waals surface area contributed by atoms with Gasteiger partial charge in [-0.15, -0.1) is 0 Å². The molecule has 94 valence electrons. The minimum atomic E-state index is 0.197. The lowest BCUT2D eigenvalue weighted by Crippen LogP contribution is -2.15. The molecule has 0 bridgehead atoms. The van der Waals surface area contributed by atoms with Gasteiger partial charge in [0.15, 0.2) is 0 Å². The first-order valence-electron chi connectivity index (χ1n) is 5.93. The Morgan fingerprint density at radius 3 is 2.33 bits per heavy atom. The van der Waals surface area contributed by atoms with Crippen molar-refractivity contribution < 1.29 is 5.11 Å². The van der Waals surface area contributed by atoms with Gasteiger partial charge in [0.2, 0.25) is 0 Å². The Morgan fingerprint density at radius 1 is 1.06 bits per heavy atom. The van der Waals surface area contributed by atoms with Gasteiger partial charge in [-0.05, 0) is 42.3 Å². The number of hydrogen-bond acceptors (Lipinski definition) is 2. The fraction of sp³-hybridized carbons (Fsp3) is 0.200. The summed E-state index contributed by atoms with van der Waals surface area (Å²) in [7, 11) is 0. The first-order valence-corrected chi connectivity index (χ1v) is 6.31. The molecule has 2 aromatic carbocycles. The van der Waals surface area contributed by atoms with E-state index in [0.717, 1.165) is 22.6 Å². The second-order valence-electron chi connectivity index (χ2n) is 4.32. The molecule has 0 aliphatic carbocycles. The van der Waals surface area contributed by atoms with Gasteiger partial charge in [0, 0.05) is 10.9 Å². The van der Waals surface area contributed by atoms with Crippen LogP contribution in [0.5, 0.6) is 5.75 Å². The highest BCUT2D eigenvalue weighted by atomic mass is 35.5. The average Bonchev–Trinajstić information content (AvgIpc) is 2.39. The van der Waals surface area contributed by atoms with Crippen molar-refractivity contribution in [3.05, 3.63) is 64.7 Å².